The number of fused-ring (bicyclic) bond motifs is 1. The summed E-state index contributed by atoms with van der Waals surface area (Å²) >= 11 is 0. The van der Waals surface area contributed by atoms with Gasteiger partial charge in [0.1, 0.15) is 29.6 Å². The molecule has 0 radical (unpaired) electrons. The van der Waals surface area contributed by atoms with Crippen molar-refractivity contribution in [2.75, 3.05) is 6.54 Å². The molecule has 4 atom stereocenters. The summed E-state index contributed by atoms with van der Waals surface area (Å²) in [4.78, 5) is 57.6. The molecule has 12 heteroatoms. The number of hydrogen-bond acceptors (Lipinski definition) is 7. The first-order valence-corrected chi connectivity index (χ1v) is 15.1. The Morgan fingerprint density at radius 3 is 2.13 bits per heavy atom. The zero-order chi connectivity index (χ0) is 32.8. The van der Waals surface area contributed by atoms with Crippen molar-refractivity contribution in [2.24, 2.45) is 5.73 Å². The van der Waals surface area contributed by atoms with Crippen molar-refractivity contribution in [3.05, 3.63) is 95.7 Å². The Hall–Kier alpha value is -5.36. The van der Waals surface area contributed by atoms with Crippen LogP contribution in [0.5, 0.6) is 11.5 Å². The predicted octanol–water partition coefficient (Wildman–Crippen LogP) is 1.98. The molecule has 1 aromatic heterocycles. The lowest BCUT2D eigenvalue weighted by molar-refractivity contribution is -0.143. The number of carboxylic acids is 1. The Balaban J connectivity index is 1.33. The number of phenolic OH excluding ortho intramolecular Hbond substituents is 2. The van der Waals surface area contributed by atoms with Crippen LogP contribution < -0.4 is 16.4 Å². The number of aromatic hydroxyl groups is 2. The largest absolute Gasteiger partial charge is 0.508 e. The standard InChI is InChI=1S/C34H37N5O7/c35-26(16-20-7-11-23(40)12-8-20)33(44)39-15-3-6-30(39)32(43)37-28(18-22-19-36-27-5-2-1-4-25(22)27)31(42)38-29(34(45)46)17-21-9-13-24(41)14-10-21/h1-2,4-5,7-14,19,26,28-30,36,40-41H,3,6,15-18,35H2,(H,37,43)(H,38,42)(H,45,46). The van der Waals surface area contributed by atoms with E-state index in [4.69, 9.17) is 5.73 Å². The van der Waals surface area contributed by atoms with Crippen molar-refractivity contribution in [1.29, 1.82) is 0 Å². The number of benzene rings is 3. The van der Waals surface area contributed by atoms with E-state index in [2.05, 4.69) is 15.6 Å². The van der Waals surface area contributed by atoms with E-state index in [9.17, 15) is 34.5 Å². The average molecular weight is 628 g/mol. The van der Waals surface area contributed by atoms with Crippen molar-refractivity contribution in [1.82, 2.24) is 20.5 Å². The summed E-state index contributed by atoms with van der Waals surface area (Å²) < 4.78 is 0. The van der Waals surface area contributed by atoms with Crippen LogP contribution in [0.1, 0.15) is 29.5 Å². The third-order valence-electron chi connectivity index (χ3n) is 8.27. The lowest BCUT2D eigenvalue weighted by atomic mass is 10.0. The number of aromatic amines is 1. The number of carbonyl (C=O) groups is 4. The SMILES string of the molecule is NC(Cc1ccc(O)cc1)C(=O)N1CCCC1C(=O)NC(Cc1c[nH]c2ccccc12)C(=O)NC(Cc1ccc(O)cc1)C(=O)O. The van der Waals surface area contributed by atoms with Gasteiger partial charge in [-0.25, -0.2) is 4.79 Å². The molecule has 8 N–H and O–H groups in total. The molecule has 1 aliphatic rings. The summed E-state index contributed by atoms with van der Waals surface area (Å²) in [6, 6.07) is 15.6. The number of H-pyrrole nitrogens is 1. The molecule has 3 amide bonds. The van der Waals surface area contributed by atoms with Crippen molar-refractivity contribution in [2.45, 2.75) is 56.3 Å². The van der Waals surface area contributed by atoms with Crippen LogP contribution in [0.4, 0.5) is 0 Å². The Labute approximate surface area is 265 Å². The van der Waals surface area contributed by atoms with Crippen LogP contribution in [0.25, 0.3) is 10.9 Å². The summed E-state index contributed by atoms with van der Waals surface area (Å²) in [6.07, 6.45) is 2.93. The number of aromatic nitrogens is 1. The van der Waals surface area contributed by atoms with Crippen LogP contribution >= 0.6 is 0 Å². The maximum atomic E-state index is 13.7. The maximum absolute atomic E-state index is 13.7. The monoisotopic (exact) mass is 627 g/mol. The molecule has 46 heavy (non-hydrogen) atoms. The maximum Gasteiger partial charge on any atom is 0.326 e. The fourth-order valence-electron chi connectivity index (χ4n) is 5.83. The normalized spacial score (nSPS) is 16.5. The highest BCUT2D eigenvalue weighted by Crippen LogP contribution is 2.22. The number of amides is 3. The molecule has 1 fully saturated rings. The number of carbonyl (C=O) groups excluding carboxylic acids is 3. The minimum atomic E-state index is -1.30. The van der Waals surface area contributed by atoms with Gasteiger partial charge in [0.15, 0.2) is 0 Å². The zero-order valence-corrected chi connectivity index (χ0v) is 25.1. The molecule has 5 rings (SSSR count). The zero-order valence-electron chi connectivity index (χ0n) is 25.1. The van der Waals surface area contributed by atoms with E-state index in [1.54, 1.807) is 30.5 Å². The smallest absolute Gasteiger partial charge is 0.326 e. The Morgan fingerprint density at radius 1 is 0.848 bits per heavy atom. The molecule has 0 bridgehead atoms. The van der Waals surface area contributed by atoms with Gasteiger partial charge in [-0.05, 0) is 66.3 Å². The van der Waals surface area contributed by atoms with Gasteiger partial charge in [-0.1, -0.05) is 42.5 Å². The first kappa shape index (κ1) is 32.0. The first-order chi connectivity index (χ1) is 22.1. The number of nitrogens with one attached hydrogen (secondary N) is 3. The lowest BCUT2D eigenvalue weighted by Gasteiger charge is -2.29. The van der Waals surface area contributed by atoms with Gasteiger partial charge in [-0.15, -0.1) is 0 Å². The molecule has 240 valence electrons. The molecule has 4 unspecified atom stereocenters. The first-order valence-electron chi connectivity index (χ1n) is 15.1. The second-order valence-corrected chi connectivity index (χ2v) is 11.6. The molecular weight excluding hydrogens is 590 g/mol. The van der Waals surface area contributed by atoms with Crippen LogP contribution in [0.3, 0.4) is 0 Å². The van der Waals surface area contributed by atoms with Crippen LogP contribution in [-0.4, -0.2) is 79.6 Å². The Bertz CT molecular complexity index is 1700. The molecule has 12 nitrogen and oxygen atoms in total. The molecule has 3 aromatic carbocycles. The van der Waals surface area contributed by atoms with Crippen molar-refractivity contribution >= 4 is 34.6 Å². The minimum Gasteiger partial charge on any atom is -0.508 e. The predicted molar refractivity (Wildman–Crippen MR) is 170 cm³/mol. The number of hydrogen-bond donors (Lipinski definition) is 7. The highest BCUT2D eigenvalue weighted by molar-refractivity contribution is 5.95. The van der Waals surface area contributed by atoms with E-state index in [1.807, 2.05) is 24.3 Å². The Morgan fingerprint density at radius 2 is 1.48 bits per heavy atom. The summed E-state index contributed by atoms with van der Waals surface area (Å²) in [5.41, 5.74) is 9.19. The van der Waals surface area contributed by atoms with E-state index in [-0.39, 0.29) is 30.8 Å². The summed E-state index contributed by atoms with van der Waals surface area (Å²) in [5.74, 6) is -2.75. The molecule has 1 saturated heterocycles. The molecule has 2 heterocycles. The summed E-state index contributed by atoms with van der Waals surface area (Å²) in [7, 11) is 0. The van der Waals surface area contributed by atoms with E-state index >= 15 is 0 Å². The van der Waals surface area contributed by atoms with Gasteiger partial charge in [0.05, 0.1) is 6.04 Å². The number of aliphatic carboxylic acids is 1. The summed E-state index contributed by atoms with van der Waals surface area (Å²) in [5, 5.41) is 35.3. The third-order valence-corrected chi connectivity index (χ3v) is 8.27. The topological polar surface area (TPSA) is 198 Å². The number of rotatable bonds is 12. The van der Waals surface area contributed by atoms with Crippen LogP contribution in [0, 0.1) is 0 Å². The average Bonchev–Trinajstić information content (AvgIpc) is 3.70. The highest BCUT2D eigenvalue weighted by Gasteiger charge is 2.38. The number of para-hydroxylation sites is 1. The second kappa shape index (κ2) is 14.2. The molecule has 0 aliphatic carbocycles. The van der Waals surface area contributed by atoms with E-state index in [0.29, 0.717) is 24.9 Å². The summed E-state index contributed by atoms with van der Waals surface area (Å²) in [6.45, 7) is 0.327. The van der Waals surface area contributed by atoms with Crippen LogP contribution in [0.15, 0.2) is 79.0 Å². The van der Waals surface area contributed by atoms with Crippen molar-refractivity contribution in [3.8, 4) is 11.5 Å². The number of nitrogens with two attached hydrogens (primary N) is 1. The highest BCUT2D eigenvalue weighted by atomic mass is 16.4. The molecule has 0 saturated carbocycles. The molecule has 0 spiro atoms. The number of likely N-dealkylation sites (tertiary alicyclic amines) is 1. The second-order valence-electron chi connectivity index (χ2n) is 11.6. The minimum absolute atomic E-state index is 0.0295. The van der Waals surface area contributed by atoms with Crippen molar-refractivity contribution in [3.63, 3.8) is 0 Å². The van der Waals surface area contributed by atoms with Gasteiger partial charge in [0.25, 0.3) is 0 Å². The van der Waals surface area contributed by atoms with E-state index in [0.717, 1.165) is 22.0 Å². The number of carboxylic acid groups (broad SMARTS) is 1. The van der Waals surface area contributed by atoms with Gasteiger partial charge in [-0.3, -0.25) is 14.4 Å². The molecule has 1 aliphatic heterocycles. The third kappa shape index (κ3) is 7.64. The van der Waals surface area contributed by atoms with Gasteiger partial charge < -0.3 is 41.6 Å². The Kier molecular flexibility index (Phi) is 9.87. The fraction of sp³-hybridized carbons (Fsp3) is 0.294. The number of nitrogens with zero attached hydrogens (tertiary/aromatic N) is 1. The fourth-order valence-corrected chi connectivity index (χ4v) is 5.83. The van der Waals surface area contributed by atoms with Crippen molar-refractivity contribution < 1.29 is 34.5 Å². The van der Waals surface area contributed by atoms with Crippen LogP contribution in [0.2, 0.25) is 0 Å². The van der Waals surface area contributed by atoms with Gasteiger partial charge >= 0.3 is 5.97 Å². The quantitative estimate of drug-likeness (QED) is 0.124. The van der Waals surface area contributed by atoms with Crippen LogP contribution in [-0.2, 0) is 38.4 Å². The van der Waals surface area contributed by atoms with Gasteiger partial charge in [0, 0.05) is 36.5 Å². The van der Waals surface area contributed by atoms with Gasteiger partial charge in [-0.2, -0.15) is 0 Å². The van der Waals surface area contributed by atoms with E-state index in [1.165, 1.54) is 29.2 Å². The molecular formula is C34H37N5O7. The lowest BCUT2D eigenvalue weighted by Crippen LogP contribution is -2.57. The van der Waals surface area contributed by atoms with E-state index < -0.39 is 47.9 Å². The number of phenols is 2. The molecule has 4 aromatic rings. The van der Waals surface area contributed by atoms with Gasteiger partial charge in [0.2, 0.25) is 17.7 Å².